The van der Waals surface area contributed by atoms with Crippen molar-refractivity contribution in [1.29, 1.82) is 0 Å². The van der Waals surface area contributed by atoms with E-state index in [1.54, 1.807) is 7.11 Å². The summed E-state index contributed by atoms with van der Waals surface area (Å²) in [4.78, 5) is 0. The molecular formula is C22H19ClN2O. The largest absolute Gasteiger partial charge is 0.497 e. The molecule has 130 valence electrons. The SMILES string of the molecule is COc1ccc(N2N=C(c3ccc(Cl)cc3)CC2c2ccccc2)cc1. The summed E-state index contributed by atoms with van der Waals surface area (Å²) in [5, 5.41) is 7.77. The molecule has 1 atom stereocenters. The van der Waals surface area contributed by atoms with Crippen molar-refractivity contribution < 1.29 is 4.74 Å². The van der Waals surface area contributed by atoms with Crippen molar-refractivity contribution in [2.45, 2.75) is 12.5 Å². The van der Waals surface area contributed by atoms with Crippen molar-refractivity contribution in [2.24, 2.45) is 5.10 Å². The first-order chi connectivity index (χ1) is 12.7. The Morgan fingerprint density at radius 1 is 0.923 bits per heavy atom. The van der Waals surface area contributed by atoms with E-state index in [9.17, 15) is 0 Å². The fraction of sp³-hybridized carbons (Fsp3) is 0.136. The van der Waals surface area contributed by atoms with Gasteiger partial charge in [-0.3, -0.25) is 5.01 Å². The molecule has 0 N–H and O–H groups in total. The third-order valence-electron chi connectivity index (χ3n) is 4.61. The van der Waals surface area contributed by atoms with Gasteiger partial charge in [-0.1, -0.05) is 54.1 Å². The van der Waals surface area contributed by atoms with Gasteiger partial charge in [-0.15, -0.1) is 0 Å². The van der Waals surface area contributed by atoms with Crippen LogP contribution >= 0.6 is 11.6 Å². The van der Waals surface area contributed by atoms with Gasteiger partial charge in [0.15, 0.2) is 0 Å². The van der Waals surface area contributed by atoms with Crippen LogP contribution in [0.15, 0.2) is 84.0 Å². The Bertz CT molecular complexity index is 905. The average molecular weight is 363 g/mol. The topological polar surface area (TPSA) is 24.8 Å². The number of hydrogen-bond acceptors (Lipinski definition) is 3. The molecule has 0 amide bonds. The average Bonchev–Trinajstić information content (AvgIpc) is 3.15. The van der Waals surface area contributed by atoms with Crippen LogP contribution in [0, 0.1) is 0 Å². The van der Waals surface area contributed by atoms with Gasteiger partial charge < -0.3 is 4.74 Å². The van der Waals surface area contributed by atoms with Crippen LogP contribution in [-0.2, 0) is 0 Å². The van der Waals surface area contributed by atoms with Crippen molar-refractivity contribution in [2.75, 3.05) is 12.1 Å². The molecular weight excluding hydrogens is 344 g/mol. The summed E-state index contributed by atoms with van der Waals surface area (Å²) in [7, 11) is 1.68. The molecule has 0 saturated heterocycles. The third-order valence-corrected chi connectivity index (χ3v) is 4.86. The smallest absolute Gasteiger partial charge is 0.119 e. The summed E-state index contributed by atoms with van der Waals surface area (Å²) in [5.74, 6) is 0.839. The van der Waals surface area contributed by atoms with E-state index < -0.39 is 0 Å². The summed E-state index contributed by atoms with van der Waals surface area (Å²) >= 11 is 6.03. The summed E-state index contributed by atoms with van der Waals surface area (Å²) < 4.78 is 5.28. The Morgan fingerprint density at radius 2 is 1.62 bits per heavy atom. The van der Waals surface area contributed by atoms with Crippen molar-refractivity contribution in [3.05, 3.63) is 95.0 Å². The monoisotopic (exact) mass is 362 g/mol. The van der Waals surface area contributed by atoms with Crippen LogP contribution in [0.2, 0.25) is 5.02 Å². The Morgan fingerprint density at radius 3 is 2.27 bits per heavy atom. The van der Waals surface area contributed by atoms with E-state index in [0.29, 0.717) is 0 Å². The molecule has 0 aromatic heterocycles. The Kier molecular flexibility index (Phi) is 4.63. The number of hydrogen-bond donors (Lipinski definition) is 0. The lowest BCUT2D eigenvalue weighted by atomic mass is 9.98. The van der Waals surface area contributed by atoms with Gasteiger partial charge in [-0.25, -0.2) is 0 Å². The molecule has 4 heteroatoms. The Labute approximate surface area is 158 Å². The molecule has 1 aliphatic heterocycles. The molecule has 3 aromatic rings. The Balaban J connectivity index is 1.72. The third kappa shape index (κ3) is 3.31. The zero-order valence-corrected chi connectivity index (χ0v) is 15.2. The van der Waals surface area contributed by atoms with Gasteiger partial charge >= 0.3 is 0 Å². The lowest BCUT2D eigenvalue weighted by Crippen LogP contribution is -2.18. The van der Waals surface area contributed by atoms with E-state index >= 15 is 0 Å². The maximum atomic E-state index is 6.03. The highest BCUT2D eigenvalue weighted by molar-refractivity contribution is 6.30. The standard InChI is InChI=1S/C22H19ClN2O/c1-26-20-13-11-19(12-14-20)25-22(17-5-3-2-4-6-17)15-21(24-25)16-7-9-18(23)10-8-16/h2-14,22H,15H2,1H3. The highest BCUT2D eigenvalue weighted by atomic mass is 35.5. The molecule has 0 bridgehead atoms. The van der Waals surface area contributed by atoms with Crippen molar-refractivity contribution in [3.8, 4) is 5.75 Å². The zero-order chi connectivity index (χ0) is 17.9. The molecule has 0 radical (unpaired) electrons. The lowest BCUT2D eigenvalue weighted by molar-refractivity contribution is 0.415. The van der Waals surface area contributed by atoms with Crippen LogP contribution in [0.5, 0.6) is 5.75 Å². The quantitative estimate of drug-likeness (QED) is 0.594. The van der Waals surface area contributed by atoms with Gasteiger partial charge in [-0.2, -0.15) is 5.10 Å². The summed E-state index contributed by atoms with van der Waals surface area (Å²) in [6.07, 6.45) is 0.845. The summed E-state index contributed by atoms with van der Waals surface area (Å²) in [6.45, 7) is 0. The molecule has 1 aliphatic rings. The van der Waals surface area contributed by atoms with Gasteiger partial charge in [0, 0.05) is 11.4 Å². The van der Waals surface area contributed by atoms with Gasteiger partial charge in [0.05, 0.1) is 24.6 Å². The molecule has 1 unspecified atom stereocenters. The number of ether oxygens (including phenoxy) is 1. The first-order valence-electron chi connectivity index (χ1n) is 8.56. The van der Waals surface area contributed by atoms with Crippen LogP contribution in [0.3, 0.4) is 0 Å². The summed E-state index contributed by atoms with van der Waals surface area (Å²) in [5.41, 5.74) is 4.46. The van der Waals surface area contributed by atoms with E-state index in [1.165, 1.54) is 5.56 Å². The van der Waals surface area contributed by atoms with Gasteiger partial charge in [0.2, 0.25) is 0 Å². The molecule has 1 heterocycles. The van der Waals surface area contributed by atoms with Crippen LogP contribution in [-0.4, -0.2) is 12.8 Å². The second kappa shape index (κ2) is 7.22. The normalized spacial score (nSPS) is 16.5. The fourth-order valence-corrected chi connectivity index (χ4v) is 3.36. The number of methoxy groups -OCH3 is 1. The van der Waals surface area contributed by atoms with Crippen LogP contribution in [0.25, 0.3) is 0 Å². The molecule has 0 saturated carbocycles. The predicted octanol–water partition coefficient (Wildman–Crippen LogP) is 5.70. The highest BCUT2D eigenvalue weighted by Crippen LogP contribution is 2.37. The highest BCUT2D eigenvalue weighted by Gasteiger charge is 2.29. The number of nitrogens with zero attached hydrogens (tertiary/aromatic N) is 2. The van der Waals surface area contributed by atoms with E-state index in [2.05, 4.69) is 29.3 Å². The summed E-state index contributed by atoms with van der Waals surface area (Å²) in [6, 6.07) is 26.5. The van der Waals surface area contributed by atoms with Crippen LogP contribution < -0.4 is 9.75 Å². The van der Waals surface area contributed by atoms with Crippen molar-refractivity contribution in [1.82, 2.24) is 0 Å². The maximum Gasteiger partial charge on any atom is 0.119 e. The second-order valence-corrected chi connectivity index (χ2v) is 6.66. The van der Waals surface area contributed by atoms with Crippen LogP contribution in [0.1, 0.15) is 23.6 Å². The Hall–Kier alpha value is -2.78. The minimum Gasteiger partial charge on any atom is -0.497 e. The van der Waals surface area contributed by atoms with Crippen molar-refractivity contribution >= 4 is 23.0 Å². The van der Waals surface area contributed by atoms with E-state index in [4.69, 9.17) is 21.4 Å². The zero-order valence-electron chi connectivity index (χ0n) is 14.5. The number of rotatable bonds is 4. The fourth-order valence-electron chi connectivity index (χ4n) is 3.23. The van der Waals surface area contributed by atoms with Gasteiger partial charge in [-0.05, 0) is 47.5 Å². The van der Waals surface area contributed by atoms with Gasteiger partial charge in [0.25, 0.3) is 0 Å². The lowest BCUT2D eigenvalue weighted by Gasteiger charge is -2.24. The number of halogens is 1. The minimum absolute atomic E-state index is 0.162. The predicted molar refractivity (Wildman–Crippen MR) is 107 cm³/mol. The number of anilines is 1. The van der Waals surface area contributed by atoms with Gasteiger partial charge in [0.1, 0.15) is 5.75 Å². The van der Waals surface area contributed by atoms with E-state index in [1.807, 2.05) is 54.6 Å². The number of benzene rings is 3. The van der Waals surface area contributed by atoms with Crippen molar-refractivity contribution in [3.63, 3.8) is 0 Å². The first kappa shape index (κ1) is 16.7. The van der Waals surface area contributed by atoms with E-state index in [0.717, 1.165) is 34.2 Å². The molecule has 0 aliphatic carbocycles. The minimum atomic E-state index is 0.162. The molecule has 3 nitrogen and oxygen atoms in total. The van der Waals surface area contributed by atoms with E-state index in [-0.39, 0.29) is 6.04 Å². The maximum absolute atomic E-state index is 6.03. The molecule has 4 rings (SSSR count). The molecule has 0 fully saturated rings. The molecule has 0 spiro atoms. The first-order valence-corrected chi connectivity index (χ1v) is 8.94. The number of hydrazone groups is 1. The molecule has 3 aromatic carbocycles. The van der Waals surface area contributed by atoms with Crippen LogP contribution in [0.4, 0.5) is 5.69 Å². The molecule has 26 heavy (non-hydrogen) atoms. The second-order valence-electron chi connectivity index (χ2n) is 6.23.